The van der Waals surface area contributed by atoms with Crippen LogP contribution in [0.15, 0.2) is 79.1 Å². The van der Waals surface area contributed by atoms with E-state index < -0.39 is 0 Å². The van der Waals surface area contributed by atoms with E-state index in [-0.39, 0.29) is 11.9 Å². The molecule has 4 nitrogen and oxygen atoms in total. The first kappa shape index (κ1) is 17.7. The number of amides is 1. The Balaban J connectivity index is 1.70. The molecular weight excluding hydrogens is 322 g/mol. The van der Waals surface area contributed by atoms with Crippen molar-refractivity contribution in [3.8, 4) is 5.69 Å². The molecule has 1 aromatic heterocycles. The Bertz CT molecular complexity index is 867. The van der Waals surface area contributed by atoms with Gasteiger partial charge in [-0.25, -0.2) is 4.68 Å². The highest BCUT2D eigenvalue weighted by Gasteiger charge is 2.14. The molecule has 3 rings (SSSR count). The van der Waals surface area contributed by atoms with E-state index in [2.05, 4.69) is 5.10 Å². The van der Waals surface area contributed by atoms with Gasteiger partial charge in [0.2, 0.25) is 5.91 Å². The first-order valence-electron chi connectivity index (χ1n) is 8.76. The summed E-state index contributed by atoms with van der Waals surface area (Å²) >= 11 is 0. The summed E-state index contributed by atoms with van der Waals surface area (Å²) in [6.45, 7) is 4.66. The number of aromatic nitrogens is 2. The molecule has 26 heavy (non-hydrogen) atoms. The van der Waals surface area contributed by atoms with Crippen LogP contribution < -0.4 is 0 Å². The van der Waals surface area contributed by atoms with Crippen molar-refractivity contribution in [3.05, 3.63) is 90.3 Å². The van der Waals surface area contributed by atoms with Crippen LogP contribution in [-0.4, -0.2) is 26.6 Å². The second-order valence-corrected chi connectivity index (χ2v) is 6.43. The standard InChI is InChI=1S/C22H23N3O/c1-18(2)24(16-19-9-5-3-6-10-19)22(26)14-13-20-15-23-25(17-20)21-11-7-4-8-12-21/h3-15,17-18H,16H2,1-2H3/b14-13+. The zero-order valence-corrected chi connectivity index (χ0v) is 15.1. The summed E-state index contributed by atoms with van der Waals surface area (Å²) in [5.74, 6) is -0.00341. The van der Waals surface area contributed by atoms with Gasteiger partial charge in [0.25, 0.3) is 0 Å². The van der Waals surface area contributed by atoms with Gasteiger partial charge in [0.1, 0.15) is 0 Å². The van der Waals surface area contributed by atoms with Crippen molar-refractivity contribution in [1.82, 2.24) is 14.7 Å². The van der Waals surface area contributed by atoms with Gasteiger partial charge in [-0.15, -0.1) is 0 Å². The monoisotopic (exact) mass is 345 g/mol. The molecule has 0 unspecified atom stereocenters. The smallest absolute Gasteiger partial charge is 0.247 e. The maximum absolute atomic E-state index is 12.7. The summed E-state index contributed by atoms with van der Waals surface area (Å²) in [6, 6.07) is 20.1. The number of hydrogen-bond acceptors (Lipinski definition) is 2. The minimum atomic E-state index is -0.00341. The van der Waals surface area contributed by atoms with Crippen LogP contribution >= 0.6 is 0 Å². The molecule has 0 aliphatic rings. The number of carbonyl (C=O) groups excluding carboxylic acids is 1. The van der Waals surface area contributed by atoms with Crippen molar-refractivity contribution >= 4 is 12.0 Å². The highest BCUT2D eigenvalue weighted by Crippen LogP contribution is 2.12. The molecule has 0 bridgehead atoms. The summed E-state index contributed by atoms with van der Waals surface area (Å²) in [4.78, 5) is 14.5. The second kappa shape index (κ2) is 8.30. The molecule has 0 N–H and O–H groups in total. The fourth-order valence-electron chi connectivity index (χ4n) is 2.70. The van der Waals surface area contributed by atoms with E-state index in [0.717, 1.165) is 16.8 Å². The molecule has 0 atom stereocenters. The number of hydrogen-bond donors (Lipinski definition) is 0. The minimum Gasteiger partial charge on any atom is -0.332 e. The third-order valence-corrected chi connectivity index (χ3v) is 4.14. The second-order valence-electron chi connectivity index (χ2n) is 6.43. The minimum absolute atomic E-state index is 0.00341. The quantitative estimate of drug-likeness (QED) is 0.624. The van der Waals surface area contributed by atoms with Gasteiger partial charge in [0, 0.05) is 30.4 Å². The maximum atomic E-state index is 12.7. The maximum Gasteiger partial charge on any atom is 0.247 e. The summed E-state index contributed by atoms with van der Waals surface area (Å²) < 4.78 is 1.80. The summed E-state index contributed by atoms with van der Waals surface area (Å²) in [5.41, 5.74) is 3.01. The van der Waals surface area contributed by atoms with Gasteiger partial charge in [-0.05, 0) is 37.6 Å². The molecule has 0 saturated carbocycles. The third-order valence-electron chi connectivity index (χ3n) is 4.14. The molecule has 3 aromatic rings. The van der Waals surface area contributed by atoms with E-state index in [1.54, 1.807) is 17.0 Å². The summed E-state index contributed by atoms with van der Waals surface area (Å²) in [5, 5.41) is 4.35. The van der Waals surface area contributed by atoms with E-state index in [1.807, 2.05) is 91.7 Å². The van der Waals surface area contributed by atoms with E-state index in [9.17, 15) is 4.79 Å². The molecule has 0 aliphatic carbocycles. The van der Waals surface area contributed by atoms with Crippen LogP contribution in [0.4, 0.5) is 0 Å². The lowest BCUT2D eigenvalue weighted by molar-refractivity contribution is -0.128. The van der Waals surface area contributed by atoms with Crippen molar-refractivity contribution in [2.45, 2.75) is 26.4 Å². The molecule has 0 spiro atoms. The first-order chi connectivity index (χ1) is 12.6. The fraction of sp³-hybridized carbons (Fsp3) is 0.182. The zero-order chi connectivity index (χ0) is 18.4. The molecule has 0 aliphatic heterocycles. The fourth-order valence-corrected chi connectivity index (χ4v) is 2.70. The zero-order valence-electron chi connectivity index (χ0n) is 15.1. The first-order valence-corrected chi connectivity index (χ1v) is 8.76. The molecule has 2 aromatic carbocycles. The molecule has 0 saturated heterocycles. The van der Waals surface area contributed by atoms with Crippen LogP contribution in [-0.2, 0) is 11.3 Å². The molecular formula is C22H23N3O. The molecule has 4 heteroatoms. The Morgan fingerprint density at radius 1 is 1.08 bits per heavy atom. The van der Waals surface area contributed by atoms with Crippen LogP contribution in [0.1, 0.15) is 25.0 Å². The van der Waals surface area contributed by atoms with Crippen molar-refractivity contribution < 1.29 is 4.79 Å². The number of nitrogens with zero attached hydrogens (tertiary/aromatic N) is 3. The van der Waals surface area contributed by atoms with Crippen molar-refractivity contribution in [3.63, 3.8) is 0 Å². The van der Waals surface area contributed by atoms with E-state index in [0.29, 0.717) is 6.54 Å². The van der Waals surface area contributed by atoms with Crippen LogP contribution in [0.5, 0.6) is 0 Å². The lowest BCUT2D eigenvalue weighted by atomic mass is 10.2. The van der Waals surface area contributed by atoms with Crippen molar-refractivity contribution in [1.29, 1.82) is 0 Å². The van der Waals surface area contributed by atoms with Gasteiger partial charge < -0.3 is 4.90 Å². The normalized spacial score (nSPS) is 11.2. The van der Waals surface area contributed by atoms with Crippen molar-refractivity contribution in [2.75, 3.05) is 0 Å². The van der Waals surface area contributed by atoms with Gasteiger partial charge in [-0.2, -0.15) is 5.10 Å². The van der Waals surface area contributed by atoms with Gasteiger partial charge in [0.05, 0.1) is 11.9 Å². The van der Waals surface area contributed by atoms with Gasteiger partial charge in [0.15, 0.2) is 0 Å². The number of carbonyl (C=O) groups is 1. The Labute approximate surface area is 154 Å². The Morgan fingerprint density at radius 2 is 1.73 bits per heavy atom. The van der Waals surface area contributed by atoms with E-state index in [1.165, 1.54) is 0 Å². The van der Waals surface area contributed by atoms with Gasteiger partial charge in [-0.1, -0.05) is 48.5 Å². The molecule has 1 amide bonds. The van der Waals surface area contributed by atoms with Crippen LogP contribution in [0.3, 0.4) is 0 Å². The number of para-hydroxylation sites is 1. The molecule has 1 heterocycles. The van der Waals surface area contributed by atoms with E-state index >= 15 is 0 Å². The largest absolute Gasteiger partial charge is 0.332 e. The van der Waals surface area contributed by atoms with Crippen LogP contribution in [0.2, 0.25) is 0 Å². The van der Waals surface area contributed by atoms with Gasteiger partial charge >= 0.3 is 0 Å². The average Bonchev–Trinajstić information content (AvgIpc) is 3.14. The van der Waals surface area contributed by atoms with E-state index in [4.69, 9.17) is 0 Å². The Kier molecular flexibility index (Phi) is 5.64. The average molecular weight is 345 g/mol. The predicted octanol–water partition coefficient (Wildman–Crippen LogP) is 4.32. The predicted molar refractivity (Wildman–Crippen MR) is 105 cm³/mol. The SMILES string of the molecule is CC(C)N(Cc1ccccc1)C(=O)/C=C/c1cnn(-c2ccccc2)c1. The topological polar surface area (TPSA) is 38.1 Å². The molecule has 132 valence electrons. The Morgan fingerprint density at radius 3 is 2.38 bits per heavy atom. The molecule has 0 fully saturated rings. The highest BCUT2D eigenvalue weighted by atomic mass is 16.2. The molecule has 0 radical (unpaired) electrons. The highest BCUT2D eigenvalue weighted by molar-refractivity contribution is 5.91. The summed E-state index contributed by atoms with van der Waals surface area (Å²) in [6.07, 6.45) is 7.11. The third kappa shape index (κ3) is 4.48. The lowest BCUT2D eigenvalue weighted by Gasteiger charge is -2.25. The Hall–Kier alpha value is -3.14. The number of benzene rings is 2. The van der Waals surface area contributed by atoms with Gasteiger partial charge in [-0.3, -0.25) is 4.79 Å². The van der Waals surface area contributed by atoms with Crippen molar-refractivity contribution in [2.24, 2.45) is 0 Å². The lowest BCUT2D eigenvalue weighted by Crippen LogP contribution is -2.35. The number of rotatable bonds is 6. The van der Waals surface area contributed by atoms with Crippen LogP contribution in [0, 0.1) is 0 Å². The van der Waals surface area contributed by atoms with Crippen LogP contribution in [0.25, 0.3) is 11.8 Å². The summed E-state index contributed by atoms with van der Waals surface area (Å²) in [7, 11) is 0.